The molecule has 0 aromatic heterocycles. The van der Waals surface area contributed by atoms with Gasteiger partial charge < -0.3 is 25.6 Å². The van der Waals surface area contributed by atoms with E-state index in [0.717, 1.165) is 0 Å². The van der Waals surface area contributed by atoms with Crippen LogP contribution >= 0.6 is 12.2 Å². The van der Waals surface area contributed by atoms with E-state index in [9.17, 15) is 15.0 Å². The van der Waals surface area contributed by atoms with Gasteiger partial charge in [0.1, 0.15) is 11.9 Å². The van der Waals surface area contributed by atoms with Crippen LogP contribution in [0.4, 0.5) is 0 Å². The first-order valence-corrected chi connectivity index (χ1v) is 6.60. The lowest BCUT2D eigenvalue weighted by Crippen LogP contribution is -2.48. The van der Waals surface area contributed by atoms with Crippen molar-refractivity contribution in [1.29, 1.82) is 0 Å². The van der Waals surface area contributed by atoms with Crippen molar-refractivity contribution in [3.8, 4) is 5.75 Å². The Morgan fingerprint density at radius 3 is 2.57 bits per heavy atom. The average molecular weight is 310 g/mol. The Hall–Kier alpha value is -2.12. The van der Waals surface area contributed by atoms with E-state index in [0.29, 0.717) is 17.9 Å². The number of rotatable bonds is 7. The van der Waals surface area contributed by atoms with Crippen LogP contribution in [0.15, 0.2) is 36.9 Å². The van der Waals surface area contributed by atoms with Gasteiger partial charge in [0.05, 0.1) is 7.11 Å². The summed E-state index contributed by atoms with van der Waals surface area (Å²) in [6, 6.07) is 5.23. The lowest BCUT2D eigenvalue weighted by atomic mass is 10.0. The van der Waals surface area contributed by atoms with E-state index in [1.165, 1.54) is 7.11 Å². The molecule has 1 rings (SSSR count). The smallest absolute Gasteiger partial charge is 0.329 e. The highest BCUT2D eigenvalue weighted by molar-refractivity contribution is 7.80. The van der Waals surface area contributed by atoms with Crippen molar-refractivity contribution >= 4 is 23.3 Å². The first-order chi connectivity index (χ1) is 9.99. The number of benzene rings is 1. The number of carboxylic acids is 1. The molecule has 2 unspecified atom stereocenters. The summed E-state index contributed by atoms with van der Waals surface area (Å²) in [6.45, 7) is 3.92. The third-order valence-corrected chi connectivity index (χ3v) is 2.99. The Bertz CT molecular complexity index is 504. The zero-order valence-corrected chi connectivity index (χ0v) is 12.4. The molecule has 0 bridgehead atoms. The number of carboxylic acid groups (broad SMARTS) is 1. The number of thiocarbonyl (C=S) groups is 1. The van der Waals surface area contributed by atoms with Crippen LogP contribution in [-0.4, -0.2) is 41.0 Å². The van der Waals surface area contributed by atoms with Crippen molar-refractivity contribution in [2.75, 3.05) is 13.7 Å². The third-order valence-electron chi connectivity index (χ3n) is 2.73. The summed E-state index contributed by atoms with van der Waals surface area (Å²) >= 11 is 4.96. The fraction of sp³-hybridized carbons (Fsp3) is 0.286. The zero-order valence-electron chi connectivity index (χ0n) is 11.6. The van der Waals surface area contributed by atoms with E-state index in [-0.39, 0.29) is 5.11 Å². The van der Waals surface area contributed by atoms with E-state index in [4.69, 9.17) is 17.0 Å². The molecule has 1 aromatic rings. The number of methoxy groups -OCH3 is 1. The number of aliphatic carboxylic acids is 1. The quantitative estimate of drug-likeness (QED) is 0.438. The van der Waals surface area contributed by atoms with Crippen LogP contribution in [0, 0.1) is 0 Å². The second-order valence-electron chi connectivity index (χ2n) is 4.18. The molecule has 4 N–H and O–H groups in total. The molecule has 0 aliphatic rings. The summed E-state index contributed by atoms with van der Waals surface area (Å²) in [4.78, 5) is 11.3. The van der Waals surface area contributed by atoms with Crippen LogP contribution in [0.1, 0.15) is 11.7 Å². The van der Waals surface area contributed by atoms with Crippen molar-refractivity contribution in [3.05, 3.63) is 42.5 Å². The standard InChI is InChI=1S/C14H18N2O4S/c1-3-8-15-14(21)16-11(13(18)19)12(17)9-4-6-10(20-2)7-5-9/h3-7,11-12,17H,1,8H2,2H3,(H,18,19)(H2,15,16,21). The highest BCUT2D eigenvalue weighted by atomic mass is 32.1. The van der Waals surface area contributed by atoms with Gasteiger partial charge in [0.2, 0.25) is 0 Å². The van der Waals surface area contributed by atoms with Gasteiger partial charge in [0.25, 0.3) is 0 Å². The molecule has 0 aliphatic heterocycles. The lowest BCUT2D eigenvalue weighted by Gasteiger charge is -2.22. The third kappa shape index (κ3) is 5.05. The summed E-state index contributed by atoms with van der Waals surface area (Å²) in [5.41, 5.74) is 0.447. The molecule has 0 saturated carbocycles. The molecule has 2 atom stereocenters. The minimum Gasteiger partial charge on any atom is -0.497 e. The van der Waals surface area contributed by atoms with Crippen LogP contribution in [0.3, 0.4) is 0 Å². The molecule has 0 radical (unpaired) electrons. The van der Waals surface area contributed by atoms with Crippen molar-refractivity contribution in [3.63, 3.8) is 0 Å². The van der Waals surface area contributed by atoms with E-state index < -0.39 is 18.1 Å². The number of hydrogen-bond donors (Lipinski definition) is 4. The van der Waals surface area contributed by atoms with Crippen LogP contribution < -0.4 is 15.4 Å². The molecule has 0 amide bonds. The second-order valence-corrected chi connectivity index (χ2v) is 4.59. The Kier molecular flexibility index (Phi) is 6.64. The van der Waals surface area contributed by atoms with Crippen molar-refractivity contribution in [1.82, 2.24) is 10.6 Å². The second kappa shape index (κ2) is 8.23. The van der Waals surface area contributed by atoms with E-state index >= 15 is 0 Å². The summed E-state index contributed by atoms with van der Waals surface area (Å²) in [5.74, 6) is -0.588. The Morgan fingerprint density at radius 2 is 2.10 bits per heavy atom. The van der Waals surface area contributed by atoms with E-state index in [1.807, 2.05) is 0 Å². The molecule has 6 nitrogen and oxygen atoms in total. The van der Waals surface area contributed by atoms with Gasteiger partial charge in [0.15, 0.2) is 11.2 Å². The maximum absolute atomic E-state index is 11.3. The molecule has 7 heteroatoms. The highest BCUT2D eigenvalue weighted by Crippen LogP contribution is 2.20. The molecule has 0 aliphatic carbocycles. The van der Waals surface area contributed by atoms with E-state index in [2.05, 4.69) is 17.2 Å². The summed E-state index contributed by atoms with van der Waals surface area (Å²) in [7, 11) is 1.52. The largest absolute Gasteiger partial charge is 0.497 e. The number of carbonyl (C=O) groups is 1. The predicted octanol–water partition coefficient (Wildman–Crippen LogP) is 0.832. The number of aliphatic hydroxyl groups is 1. The zero-order chi connectivity index (χ0) is 15.8. The number of ether oxygens (including phenoxy) is 1. The molecular weight excluding hydrogens is 292 g/mol. The topological polar surface area (TPSA) is 90.8 Å². The van der Waals surface area contributed by atoms with E-state index in [1.54, 1.807) is 30.3 Å². The molecule has 114 valence electrons. The van der Waals surface area contributed by atoms with Crippen molar-refractivity contribution in [2.24, 2.45) is 0 Å². The van der Waals surface area contributed by atoms with Gasteiger partial charge in [-0.05, 0) is 29.9 Å². The monoisotopic (exact) mass is 310 g/mol. The normalized spacial score (nSPS) is 12.9. The molecule has 0 saturated heterocycles. The Labute approximate surface area is 128 Å². The van der Waals surface area contributed by atoms with Gasteiger partial charge in [-0.15, -0.1) is 6.58 Å². The van der Waals surface area contributed by atoms with Gasteiger partial charge >= 0.3 is 5.97 Å². The molecular formula is C14H18N2O4S. The highest BCUT2D eigenvalue weighted by Gasteiger charge is 2.28. The van der Waals surface area contributed by atoms with Crippen molar-refractivity contribution < 1.29 is 19.7 Å². The van der Waals surface area contributed by atoms with Gasteiger partial charge in [-0.2, -0.15) is 0 Å². The Morgan fingerprint density at radius 1 is 1.48 bits per heavy atom. The summed E-state index contributed by atoms with van der Waals surface area (Å²) < 4.78 is 5.01. The van der Waals surface area contributed by atoms with Gasteiger partial charge in [-0.25, -0.2) is 4.79 Å². The van der Waals surface area contributed by atoms with Crippen LogP contribution in [0.5, 0.6) is 5.75 Å². The molecule has 0 heterocycles. The predicted molar refractivity (Wildman–Crippen MR) is 83.3 cm³/mol. The Balaban J connectivity index is 2.80. The average Bonchev–Trinajstić information content (AvgIpc) is 2.49. The van der Waals surface area contributed by atoms with Gasteiger partial charge in [-0.3, -0.25) is 0 Å². The minimum atomic E-state index is -1.26. The minimum absolute atomic E-state index is 0.134. The van der Waals surface area contributed by atoms with Crippen molar-refractivity contribution in [2.45, 2.75) is 12.1 Å². The number of hydrogen-bond acceptors (Lipinski definition) is 4. The summed E-state index contributed by atoms with van der Waals surface area (Å²) in [6.07, 6.45) is 0.334. The SMILES string of the molecule is C=CCNC(=S)NC(C(=O)O)C(O)c1ccc(OC)cc1. The van der Waals surface area contributed by atoms with Gasteiger partial charge in [0, 0.05) is 6.54 Å². The maximum Gasteiger partial charge on any atom is 0.329 e. The lowest BCUT2D eigenvalue weighted by molar-refractivity contribution is -0.142. The molecule has 21 heavy (non-hydrogen) atoms. The van der Waals surface area contributed by atoms with Crippen LogP contribution in [0.2, 0.25) is 0 Å². The number of nitrogens with one attached hydrogen (secondary N) is 2. The number of aliphatic hydroxyl groups excluding tert-OH is 1. The molecule has 1 aromatic carbocycles. The van der Waals surface area contributed by atoms with Crippen LogP contribution in [-0.2, 0) is 4.79 Å². The fourth-order valence-corrected chi connectivity index (χ4v) is 1.84. The molecule has 0 fully saturated rings. The van der Waals surface area contributed by atoms with Gasteiger partial charge in [-0.1, -0.05) is 18.2 Å². The maximum atomic E-state index is 11.3. The molecule has 0 spiro atoms. The summed E-state index contributed by atoms with van der Waals surface area (Å²) in [5, 5.41) is 24.9. The first-order valence-electron chi connectivity index (χ1n) is 6.19. The fourth-order valence-electron chi connectivity index (χ4n) is 1.63. The van der Waals surface area contributed by atoms with Crippen LogP contribution in [0.25, 0.3) is 0 Å². The first kappa shape index (κ1) is 16.9.